The standard InChI is InChI=1S/C14H18O4/c1-2-18-12-5-3-11(4-6-12)13(14(15)16)7-10-8-17-9-10/h3-6,10,13H,2,7-9H2,1H3,(H,15,16). The Balaban J connectivity index is 2.06. The quantitative estimate of drug-likeness (QED) is 0.841. The van der Waals surface area contributed by atoms with Crippen molar-refractivity contribution in [1.82, 2.24) is 0 Å². The van der Waals surface area contributed by atoms with Gasteiger partial charge in [-0.25, -0.2) is 0 Å². The first-order valence-electron chi connectivity index (χ1n) is 6.24. The van der Waals surface area contributed by atoms with Crippen molar-refractivity contribution in [1.29, 1.82) is 0 Å². The van der Waals surface area contributed by atoms with E-state index < -0.39 is 11.9 Å². The van der Waals surface area contributed by atoms with E-state index >= 15 is 0 Å². The van der Waals surface area contributed by atoms with Crippen molar-refractivity contribution < 1.29 is 19.4 Å². The summed E-state index contributed by atoms with van der Waals surface area (Å²) in [5.41, 5.74) is 0.831. The molecule has 4 nitrogen and oxygen atoms in total. The van der Waals surface area contributed by atoms with Gasteiger partial charge in [0.1, 0.15) is 5.75 Å². The highest BCUT2D eigenvalue weighted by Crippen LogP contribution is 2.29. The van der Waals surface area contributed by atoms with Crippen LogP contribution in [0.4, 0.5) is 0 Å². The molecule has 1 atom stereocenters. The van der Waals surface area contributed by atoms with Crippen LogP contribution in [0.1, 0.15) is 24.8 Å². The van der Waals surface area contributed by atoms with Gasteiger partial charge < -0.3 is 14.6 Å². The number of aliphatic carboxylic acids is 1. The van der Waals surface area contributed by atoms with Crippen LogP contribution in [0, 0.1) is 5.92 Å². The third-order valence-electron chi connectivity index (χ3n) is 3.17. The predicted octanol–water partition coefficient (Wildman–Crippen LogP) is 2.29. The fraction of sp³-hybridized carbons (Fsp3) is 0.500. The molecule has 0 aromatic heterocycles. The van der Waals surface area contributed by atoms with E-state index in [0.717, 1.165) is 11.3 Å². The number of benzene rings is 1. The van der Waals surface area contributed by atoms with Gasteiger partial charge in [0.25, 0.3) is 0 Å². The second-order valence-electron chi connectivity index (χ2n) is 4.53. The minimum Gasteiger partial charge on any atom is -0.494 e. The largest absolute Gasteiger partial charge is 0.494 e. The average Bonchev–Trinajstić information content (AvgIpc) is 2.29. The Bertz CT molecular complexity index is 395. The van der Waals surface area contributed by atoms with Crippen molar-refractivity contribution in [3.05, 3.63) is 29.8 Å². The lowest BCUT2D eigenvalue weighted by Gasteiger charge is -2.28. The molecule has 1 saturated heterocycles. The lowest BCUT2D eigenvalue weighted by molar-refractivity contribution is -0.140. The maximum atomic E-state index is 11.3. The molecule has 1 unspecified atom stereocenters. The van der Waals surface area contributed by atoms with E-state index in [1.165, 1.54) is 0 Å². The first-order valence-corrected chi connectivity index (χ1v) is 6.24. The zero-order valence-electron chi connectivity index (χ0n) is 10.5. The lowest BCUT2D eigenvalue weighted by Crippen LogP contribution is -2.30. The predicted molar refractivity (Wildman–Crippen MR) is 66.9 cm³/mol. The number of carbonyl (C=O) groups is 1. The SMILES string of the molecule is CCOc1ccc(C(CC2COC2)C(=O)O)cc1. The summed E-state index contributed by atoms with van der Waals surface area (Å²) in [5.74, 6) is -0.0735. The van der Waals surface area contributed by atoms with Crippen molar-refractivity contribution in [2.45, 2.75) is 19.3 Å². The summed E-state index contributed by atoms with van der Waals surface area (Å²) in [6.45, 7) is 3.90. The number of carboxylic acid groups (broad SMARTS) is 1. The minimum absolute atomic E-state index is 0.373. The Morgan fingerprint density at radius 2 is 2.11 bits per heavy atom. The van der Waals surface area contributed by atoms with E-state index in [0.29, 0.717) is 32.2 Å². The van der Waals surface area contributed by atoms with Crippen molar-refractivity contribution >= 4 is 5.97 Å². The van der Waals surface area contributed by atoms with E-state index in [9.17, 15) is 9.90 Å². The molecule has 1 aliphatic heterocycles. The molecule has 0 aliphatic carbocycles. The lowest BCUT2D eigenvalue weighted by atomic mass is 9.88. The van der Waals surface area contributed by atoms with E-state index in [2.05, 4.69) is 0 Å². The third kappa shape index (κ3) is 3.01. The molecule has 98 valence electrons. The van der Waals surface area contributed by atoms with Gasteiger partial charge in [0.05, 0.1) is 25.7 Å². The highest BCUT2D eigenvalue weighted by Gasteiger charge is 2.28. The number of carboxylic acids is 1. The monoisotopic (exact) mass is 250 g/mol. The zero-order chi connectivity index (χ0) is 13.0. The van der Waals surface area contributed by atoms with Crippen molar-refractivity contribution in [2.75, 3.05) is 19.8 Å². The van der Waals surface area contributed by atoms with Gasteiger partial charge in [-0.15, -0.1) is 0 Å². The molecule has 4 heteroatoms. The fourth-order valence-corrected chi connectivity index (χ4v) is 2.10. The van der Waals surface area contributed by atoms with Gasteiger partial charge in [-0.2, -0.15) is 0 Å². The molecule has 18 heavy (non-hydrogen) atoms. The third-order valence-corrected chi connectivity index (χ3v) is 3.17. The Morgan fingerprint density at radius 3 is 2.56 bits per heavy atom. The summed E-state index contributed by atoms with van der Waals surface area (Å²) >= 11 is 0. The summed E-state index contributed by atoms with van der Waals surface area (Å²) in [4.78, 5) is 11.3. The molecule has 0 saturated carbocycles. The molecule has 1 fully saturated rings. The second-order valence-corrected chi connectivity index (χ2v) is 4.53. The zero-order valence-corrected chi connectivity index (χ0v) is 10.5. The molecular formula is C14H18O4. The number of ether oxygens (including phenoxy) is 2. The maximum absolute atomic E-state index is 11.3. The topological polar surface area (TPSA) is 55.8 Å². The van der Waals surface area contributed by atoms with E-state index in [-0.39, 0.29) is 0 Å². The minimum atomic E-state index is -0.772. The smallest absolute Gasteiger partial charge is 0.310 e. The van der Waals surface area contributed by atoms with Crippen LogP contribution in [0.2, 0.25) is 0 Å². The molecule has 1 heterocycles. The summed E-state index contributed by atoms with van der Waals surface area (Å²) < 4.78 is 10.4. The van der Waals surface area contributed by atoms with E-state index in [1.54, 1.807) is 0 Å². The molecular weight excluding hydrogens is 232 g/mol. The van der Waals surface area contributed by atoms with Gasteiger partial charge in [-0.3, -0.25) is 4.79 Å². The first-order chi connectivity index (χ1) is 8.70. The molecule has 2 rings (SSSR count). The molecule has 1 aromatic carbocycles. The molecule has 0 radical (unpaired) electrons. The van der Waals surface area contributed by atoms with E-state index in [4.69, 9.17) is 9.47 Å². The van der Waals surface area contributed by atoms with Crippen LogP contribution in [0.5, 0.6) is 5.75 Å². The summed E-state index contributed by atoms with van der Waals surface area (Å²) in [6.07, 6.45) is 0.642. The van der Waals surface area contributed by atoms with Gasteiger partial charge in [0.15, 0.2) is 0 Å². The molecule has 1 aromatic rings. The van der Waals surface area contributed by atoms with Gasteiger partial charge in [0, 0.05) is 5.92 Å². The molecule has 1 aliphatic rings. The molecule has 1 N–H and O–H groups in total. The van der Waals surface area contributed by atoms with Crippen LogP contribution in [0.3, 0.4) is 0 Å². The summed E-state index contributed by atoms with van der Waals surface area (Å²) in [6, 6.07) is 7.32. The highest BCUT2D eigenvalue weighted by atomic mass is 16.5. The highest BCUT2D eigenvalue weighted by molar-refractivity contribution is 5.76. The van der Waals surface area contributed by atoms with Crippen LogP contribution in [0.15, 0.2) is 24.3 Å². The second kappa shape index (κ2) is 5.87. The Morgan fingerprint density at radius 1 is 1.44 bits per heavy atom. The Labute approximate surface area is 107 Å². The first kappa shape index (κ1) is 12.9. The van der Waals surface area contributed by atoms with Crippen LogP contribution in [-0.4, -0.2) is 30.9 Å². The average molecular weight is 250 g/mol. The van der Waals surface area contributed by atoms with Crippen LogP contribution >= 0.6 is 0 Å². The van der Waals surface area contributed by atoms with Crippen LogP contribution in [0.25, 0.3) is 0 Å². The number of hydrogen-bond acceptors (Lipinski definition) is 3. The molecule has 0 bridgehead atoms. The van der Waals surface area contributed by atoms with Crippen LogP contribution < -0.4 is 4.74 Å². The summed E-state index contributed by atoms with van der Waals surface area (Å²) in [7, 11) is 0. The Kier molecular flexibility index (Phi) is 4.20. The number of rotatable bonds is 6. The Hall–Kier alpha value is -1.55. The van der Waals surface area contributed by atoms with Gasteiger partial charge in [-0.05, 0) is 31.0 Å². The number of hydrogen-bond donors (Lipinski definition) is 1. The van der Waals surface area contributed by atoms with Gasteiger partial charge >= 0.3 is 5.97 Å². The summed E-state index contributed by atoms with van der Waals surface area (Å²) in [5, 5.41) is 9.30. The maximum Gasteiger partial charge on any atom is 0.310 e. The van der Waals surface area contributed by atoms with E-state index in [1.807, 2.05) is 31.2 Å². The molecule has 0 spiro atoms. The normalized spacial score (nSPS) is 16.9. The van der Waals surface area contributed by atoms with Gasteiger partial charge in [-0.1, -0.05) is 12.1 Å². The molecule has 0 amide bonds. The van der Waals surface area contributed by atoms with Gasteiger partial charge in [0.2, 0.25) is 0 Å². The van der Waals surface area contributed by atoms with Crippen molar-refractivity contribution in [2.24, 2.45) is 5.92 Å². The van der Waals surface area contributed by atoms with Crippen LogP contribution in [-0.2, 0) is 9.53 Å². The fourth-order valence-electron chi connectivity index (χ4n) is 2.10. The van der Waals surface area contributed by atoms with Crippen molar-refractivity contribution in [3.8, 4) is 5.75 Å². The van der Waals surface area contributed by atoms with Crippen molar-refractivity contribution in [3.63, 3.8) is 0 Å².